The standard InChI is InChI=1S/C14H23FN4O/c1-3-6-16-14-17-8-12(15)13(18-14)19-7-4-5-11(9-19)10-20-2/h8,11H,3-7,9-10H2,1-2H3,(H,16,17,18). The van der Waals surface area contributed by atoms with Crippen LogP contribution in [-0.2, 0) is 4.74 Å². The summed E-state index contributed by atoms with van der Waals surface area (Å²) in [5.74, 6) is 0.983. The minimum Gasteiger partial charge on any atom is -0.384 e. The maximum Gasteiger partial charge on any atom is 0.224 e. The fourth-order valence-corrected chi connectivity index (χ4v) is 2.53. The van der Waals surface area contributed by atoms with Crippen LogP contribution in [-0.4, -0.2) is 43.3 Å². The van der Waals surface area contributed by atoms with Gasteiger partial charge in [0.15, 0.2) is 11.6 Å². The van der Waals surface area contributed by atoms with Crippen molar-refractivity contribution in [1.29, 1.82) is 0 Å². The van der Waals surface area contributed by atoms with Crippen molar-refractivity contribution in [3.8, 4) is 0 Å². The Bertz CT molecular complexity index is 428. The lowest BCUT2D eigenvalue weighted by Gasteiger charge is -2.33. The number of aromatic nitrogens is 2. The van der Waals surface area contributed by atoms with Crippen molar-refractivity contribution in [3.63, 3.8) is 0 Å². The first-order chi connectivity index (χ1) is 9.74. The summed E-state index contributed by atoms with van der Waals surface area (Å²) in [5.41, 5.74) is 0. The van der Waals surface area contributed by atoms with Crippen LogP contribution in [0.15, 0.2) is 6.20 Å². The van der Waals surface area contributed by atoms with Crippen LogP contribution in [0.3, 0.4) is 0 Å². The van der Waals surface area contributed by atoms with Gasteiger partial charge in [-0.25, -0.2) is 9.37 Å². The molecule has 6 heteroatoms. The smallest absolute Gasteiger partial charge is 0.224 e. The highest BCUT2D eigenvalue weighted by molar-refractivity contribution is 5.44. The summed E-state index contributed by atoms with van der Waals surface area (Å²) in [7, 11) is 1.71. The number of anilines is 2. The Morgan fingerprint density at radius 3 is 3.15 bits per heavy atom. The number of nitrogens with zero attached hydrogens (tertiary/aromatic N) is 3. The second-order valence-electron chi connectivity index (χ2n) is 5.20. The molecule has 2 rings (SSSR count). The first kappa shape index (κ1) is 15.0. The summed E-state index contributed by atoms with van der Waals surface area (Å²) < 4.78 is 19.2. The minimum absolute atomic E-state index is 0.356. The first-order valence-corrected chi connectivity index (χ1v) is 7.25. The normalized spacial score (nSPS) is 19.1. The number of methoxy groups -OCH3 is 1. The van der Waals surface area contributed by atoms with Crippen LogP contribution in [0.25, 0.3) is 0 Å². The SMILES string of the molecule is CCCNc1ncc(F)c(N2CCCC(COC)C2)n1. The fourth-order valence-electron chi connectivity index (χ4n) is 2.53. The van der Waals surface area contributed by atoms with E-state index < -0.39 is 0 Å². The number of hydrogen-bond donors (Lipinski definition) is 1. The van der Waals surface area contributed by atoms with Crippen molar-refractivity contribution in [2.45, 2.75) is 26.2 Å². The molecule has 2 heterocycles. The molecule has 1 aromatic heterocycles. The molecule has 0 aromatic carbocycles. The number of halogens is 1. The molecule has 1 aliphatic rings. The minimum atomic E-state index is -0.356. The Morgan fingerprint density at radius 2 is 2.40 bits per heavy atom. The number of nitrogens with one attached hydrogen (secondary N) is 1. The second kappa shape index (κ2) is 7.38. The number of piperidine rings is 1. The Balaban J connectivity index is 2.09. The lowest BCUT2D eigenvalue weighted by Crippen LogP contribution is -2.38. The van der Waals surface area contributed by atoms with E-state index in [1.165, 1.54) is 6.20 Å². The molecule has 0 radical (unpaired) electrons. The lowest BCUT2D eigenvalue weighted by molar-refractivity contribution is 0.143. The molecular formula is C14H23FN4O. The Hall–Kier alpha value is -1.43. The molecule has 0 spiro atoms. The zero-order chi connectivity index (χ0) is 14.4. The molecule has 1 aliphatic heterocycles. The third-order valence-corrected chi connectivity index (χ3v) is 3.48. The van der Waals surface area contributed by atoms with E-state index >= 15 is 0 Å². The molecule has 5 nitrogen and oxygen atoms in total. The number of ether oxygens (including phenoxy) is 1. The molecule has 0 aliphatic carbocycles. The predicted molar refractivity (Wildman–Crippen MR) is 77.6 cm³/mol. The molecular weight excluding hydrogens is 259 g/mol. The third kappa shape index (κ3) is 3.79. The van der Waals surface area contributed by atoms with E-state index in [1.807, 2.05) is 4.90 Å². The monoisotopic (exact) mass is 282 g/mol. The molecule has 1 saturated heterocycles. The van der Waals surface area contributed by atoms with E-state index in [0.717, 1.165) is 38.9 Å². The molecule has 0 amide bonds. The zero-order valence-electron chi connectivity index (χ0n) is 12.2. The van der Waals surface area contributed by atoms with Crippen molar-refractivity contribution in [3.05, 3.63) is 12.0 Å². The average molecular weight is 282 g/mol. The van der Waals surface area contributed by atoms with Crippen LogP contribution in [0, 0.1) is 11.7 Å². The molecule has 1 atom stereocenters. The highest BCUT2D eigenvalue weighted by Gasteiger charge is 2.23. The van der Waals surface area contributed by atoms with E-state index in [4.69, 9.17) is 4.74 Å². The lowest BCUT2D eigenvalue weighted by atomic mass is 9.99. The highest BCUT2D eigenvalue weighted by Crippen LogP contribution is 2.24. The van der Waals surface area contributed by atoms with E-state index in [-0.39, 0.29) is 5.82 Å². The summed E-state index contributed by atoms with van der Waals surface area (Å²) in [6.45, 7) is 5.19. The van der Waals surface area contributed by atoms with E-state index in [2.05, 4.69) is 22.2 Å². The largest absolute Gasteiger partial charge is 0.384 e. The van der Waals surface area contributed by atoms with Gasteiger partial charge in [0, 0.05) is 26.7 Å². The van der Waals surface area contributed by atoms with Crippen molar-refractivity contribution in [2.75, 3.05) is 43.6 Å². The van der Waals surface area contributed by atoms with Gasteiger partial charge in [0.25, 0.3) is 0 Å². The topological polar surface area (TPSA) is 50.3 Å². The quantitative estimate of drug-likeness (QED) is 0.867. The van der Waals surface area contributed by atoms with Gasteiger partial charge in [-0.3, -0.25) is 0 Å². The Labute approximate surface area is 119 Å². The van der Waals surface area contributed by atoms with E-state index in [0.29, 0.717) is 24.3 Å². The Morgan fingerprint density at radius 1 is 1.55 bits per heavy atom. The average Bonchev–Trinajstić information content (AvgIpc) is 2.47. The van der Waals surface area contributed by atoms with Crippen LogP contribution < -0.4 is 10.2 Å². The van der Waals surface area contributed by atoms with Crippen molar-refractivity contribution in [2.24, 2.45) is 5.92 Å². The Kier molecular flexibility index (Phi) is 5.52. The summed E-state index contributed by atoms with van der Waals surface area (Å²) in [6.07, 6.45) is 4.39. The molecule has 1 fully saturated rings. The van der Waals surface area contributed by atoms with Crippen LogP contribution in [0.5, 0.6) is 0 Å². The van der Waals surface area contributed by atoms with Gasteiger partial charge in [-0.15, -0.1) is 0 Å². The molecule has 0 saturated carbocycles. The van der Waals surface area contributed by atoms with E-state index in [1.54, 1.807) is 7.11 Å². The first-order valence-electron chi connectivity index (χ1n) is 7.25. The van der Waals surface area contributed by atoms with E-state index in [9.17, 15) is 4.39 Å². The molecule has 112 valence electrons. The number of hydrogen-bond acceptors (Lipinski definition) is 5. The van der Waals surface area contributed by atoms with Gasteiger partial charge in [0.1, 0.15) is 0 Å². The maximum absolute atomic E-state index is 14.0. The maximum atomic E-state index is 14.0. The molecule has 1 unspecified atom stereocenters. The van der Waals surface area contributed by atoms with Crippen LogP contribution in [0.2, 0.25) is 0 Å². The van der Waals surface area contributed by atoms with Crippen molar-refractivity contribution >= 4 is 11.8 Å². The zero-order valence-corrected chi connectivity index (χ0v) is 12.2. The summed E-state index contributed by atoms with van der Waals surface area (Å²) in [6, 6.07) is 0. The number of rotatable bonds is 6. The van der Waals surface area contributed by atoms with Gasteiger partial charge >= 0.3 is 0 Å². The van der Waals surface area contributed by atoms with Crippen molar-refractivity contribution < 1.29 is 9.13 Å². The third-order valence-electron chi connectivity index (χ3n) is 3.48. The van der Waals surface area contributed by atoms with Gasteiger partial charge in [0.05, 0.1) is 12.8 Å². The molecule has 1 aromatic rings. The summed E-state index contributed by atoms with van der Waals surface area (Å²) in [5, 5.41) is 3.10. The van der Waals surface area contributed by atoms with Gasteiger partial charge in [0.2, 0.25) is 5.95 Å². The van der Waals surface area contributed by atoms with Gasteiger partial charge < -0.3 is 15.0 Å². The summed E-state index contributed by atoms with van der Waals surface area (Å²) >= 11 is 0. The predicted octanol–water partition coefficient (Wildman–Crippen LogP) is 2.30. The van der Waals surface area contributed by atoms with Crippen LogP contribution in [0.4, 0.5) is 16.2 Å². The van der Waals surface area contributed by atoms with Gasteiger partial charge in [-0.1, -0.05) is 6.92 Å². The van der Waals surface area contributed by atoms with Crippen LogP contribution in [0.1, 0.15) is 26.2 Å². The van der Waals surface area contributed by atoms with Gasteiger partial charge in [-0.05, 0) is 25.2 Å². The van der Waals surface area contributed by atoms with Gasteiger partial charge in [-0.2, -0.15) is 4.98 Å². The van der Waals surface area contributed by atoms with Crippen LogP contribution >= 0.6 is 0 Å². The second-order valence-corrected chi connectivity index (χ2v) is 5.20. The highest BCUT2D eigenvalue weighted by atomic mass is 19.1. The molecule has 1 N–H and O–H groups in total. The summed E-state index contributed by atoms with van der Waals surface area (Å²) in [4.78, 5) is 10.3. The molecule has 0 bridgehead atoms. The molecule has 20 heavy (non-hydrogen) atoms. The fraction of sp³-hybridized carbons (Fsp3) is 0.714. The van der Waals surface area contributed by atoms with Crippen molar-refractivity contribution in [1.82, 2.24) is 9.97 Å².